The standard InChI is InChI=1S/C16H17N3O2/c20-16(19-8-6-14-12(9-19)10-21-18-14)13-5-1-3-11-4-2-7-17-15(11)13/h1,3,5,10,17H,2,4,6-9H2. The Morgan fingerprint density at radius 1 is 1.29 bits per heavy atom. The summed E-state index contributed by atoms with van der Waals surface area (Å²) in [5, 5.41) is 7.36. The maximum atomic E-state index is 12.8. The predicted octanol–water partition coefficient (Wildman–Crippen LogP) is 2.23. The summed E-state index contributed by atoms with van der Waals surface area (Å²) >= 11 is 0. The van der Waals surface area contributed by atoms with Crippen molar-refractivity contribution in [2.75, 3.05) is 18.4 Å². The summed E-state index contributed by atoms with van der Waals surface area (Å²) < 4.78 is 4.99. The second-order valence-corrected chi connectivity index (χ2v) is 5.63. The third kappa shape index (κ3) is 2.09. The van der Waals surface area contributed by atoms with Gasteiger partial charge in [-0.3, -0.25) is 4.79 Å². The third-order valence-corrected chi connectivity index (χ3v) is 4.30. The number of aromatic nitrogens is 1. The van der Waals surface area contributed by atoms with E-state index in [4.69, 9.17) is 4.52 Å². The molecule has 1 aromatic carbocycles. The maximum Gasteiger partial charge on any atom is 0.256 e. The summed E-state index contributed by atoms with van der Waals surface area (Å²) in [7, 11) is 0. The van der Waals surface area contributed by atoms with Gasteiger partial charge in [0.05, 0.1) is 23.5 Å². The molecule has 0 saturated carbocycles. The molecule has 5 nitrogen and oxygen atoms in total. The average molecular weight is 283 g/mol. The van der Waals surface area contributed by atoms with Crippen LogP contribution in [0.15, 0.2) is 29.0 Å². The van der Waals surface area contributed by atoms with E-state index < -0.39 is 0 Å². The lowest BCUT2D eigenvalue weighted by atomic mass is 9.98. The average Bonchev–Trinajstić information content (AvgIpc) is 3.01. The fourth-order valence-electron chi connectivity index (χ4n) is 3.17. The van der Waals surface area contributed by atoms with Gasteiger partial charge in [0.1, 0.15) is 6.26 Å². The molecule has 0 aliphatic carbocycles. The van der Waals surface area contributed by atoms with E-state index in [0.29, 0.717) is 13.1 Å². The van der Waals surface area contributed by atoms with E-state index in [2.05, 4.69) is 16.5 Å². The van der Waals surface area contributed by atoms with Crippen molar-refractivity contribution in [3.63, 3.8) is 0 Å². The Kier molecular flexibility index (Phi) is 2.91. The van der Waals surface area contributed by atoms with Gasteiger partial charge in [0.15, 0.2) is 0 Å². The van der Waals surface area contributed by atoms with E-state index in [0.717, 1.165) is 48.3 Å². The lowest BCUT2D eigenvalue weighted by Crippen LogP contribution is -2.36. The summed E-state index contributed by atoms with van der Waals surface area (Å²) in [6.07, 6.45) is 4.57. The van der Waals surface area contributed by atoms with Crippen LogP contribution in [0.5, 0.6) is 0 Å². The Labute approximate surface area is 122 Å². The summed E-state index contributed by atoms with van der Waals surface area (Å²) in [5.41, 5.74) is 5.05. The fourth-order valence-corrected chi connectivity index (χ4v) is 3.17. The number of anilines is 1. The first-order chi connectivity index (χ1) is 10.3. The molecule has 1 N–H and O–H groups in total. The molecule has 2 aliphatic rings. The number of hydrogen-bond acceptors (Lipinski definition) is 4. The van der Waals surface area contributed by atoms with E-state index >= 15 is 0 Å². The Balaban J connectivity index is 1.64. The van der Waals surface area contributed by atoms with Crippen molar-refractivity contribution in [2.45, 2.75) is 25.8 Å². The highest BCUT2D eigenvalue weighted by Crippen LogP contribution is 2.28. The van der Waals surface area contributed by atoms with Crippen LogP contribution in [0.25, 0.3) is 0 Å². The van der Waals surface area contributed by atoms with E-state index in [1.165, 1.54) is 5.56 Å². The first-order valence-corrected chi connectivity index (χ1v) is 7.40. The first kappa shape index (κ1) is 12.4. The number of nitrogens with one attached hydrogen (secondary N) is 1. The minimum atomic E-state index is 0.0908. The number of rotatable bonds is 1. The summed E-state index contributed by atoms with van der Waals surface area (Å²) in [6.45, 7) is 2.22. The molecule has 0 radical (unpaired) electrons. The van der Waals surface area contributed by atoms with E-state index in [-0.39, 0.29) is 5.91 Å². The van der Waals surface area contributed by atoms with Crippen LogP contribution in [0.2, 0.25) is 0 Å². The van der Waals surface area contributed by atoms with Crippen molar-refractivity contribution in [2.24, 2.45) is 0 Å². The van der Waals surface area contributed by atoms with Crippen molar-refractivity contribution >= 4 is 11.6 Å². The van der Waals surface area contributed by atoms with Crippen molar-refractivity contribution in [3.8, 4) is 0 Å². The molecule has 5 heteroatoms. The molecule has 0 saturated heterocycles. The van der Waals surface area contributed by atoms with Gasteiger partial charge in [0.25, 0.3) is 5.91 Å². The van der Waals surface area contributed by atoms with Crippen LogP contribution < -0.4 is 5.32 Å². The largest absolute Gasteiger partial charge is 0.384 e. The molecule has 1 aromatic heterocycles. The smallest absolute Gasteiger partial charge is 0.256 e. The lowest BCUT2D eigenvalue weighted by Gasteiger charge is -2.28. The Morgan fingerprint density at radius 3 is 3.19 bits per heavy atom. The van der Waals surface area contributed by atoms with Gasteiger partial charge in [0, 0.05) is 25.1 Å². The van der Waals surface area contributed by atoms with Gasteiger partial charge in [0.2, 0.25) is 0 Å². The second kappa shape index (κ2) is 4.91. The molecule has 2 aromatic rings. The number of carbonyl (C=O) groups excluding carboxylic acids is 1. The van der Waals surface area contributed by atoms with Crippen molar-refractivity contribution in [1.82, 2.24) is 10.1 Å². The number of aryl methyl sites for hydroxylation is 1. The number of benzene rings is 1. The second-order valence-electron chi connectivity index (χ2n) is 5.63. The minimum absolute atomic E-state index is 0.0908. The molecule has 21 heavy (non-hydrogen) atoms. The third-order valence-electron chi connectivity index (χ3n) is 4.30. The number of carbonyl (C=O) groups is 1. The van der Waals surface area contributed by atoms with Gasteiger partial charge in [-0.1, -0.05) is 17.3 Å². The number of amides is 1. The normalized spacial score (nSPS) is 16.9. The predicted molar refractivity (Wildman–Crippen MR) is 78.2 cm³/mol. The molecular formula is C16H17N3O2. The van der Waals surface area contributed by atoms with Crippen LogP contribution in [0.4, 0.5) is 5.69 Å². The molecule has 0 bridgehead atoms. The quantitative estimate of drug-likeness (QED) is 0.872. The van der Waals surface area contributed by atoms with Crippen molar-refractivity contribution in [1.29, 1.82) is 0 Å². The fraction of sp³-hybridized carbons (Fsp3) is 0.375. The van der Waals surface area contributed by atoms with Crippen molar-refractivity contribution < 1.29 is 9.32 Å². The van der Waals surface area contributed by atoms with E-state index in [1.54, 1.807) is 6.26 Å². The highest BCUT2D eigenvalue weighted by Gasteiger charge is 2.26. The zero-order valence-electron chi connectivity index (χ0n) is 11.8. The first-order valence-electron chi connectivity index (χ1n) is 7.40. The van der Waals surface area contributed by atoms with Crippen LogP contribution in [0.1, 0.15) is 33.6 Å². The zero-order chi connectivity index (χ0) is 14.2. The summed E-state index contributed by atoms with van der Waals surface area (Å²) in [6, 6.07) is 6.00. The maximum absolute atomic E-state index is 12.8. The number of para-hydroxylation sites is 1. The minimum Gasteiger partial charge on any atom is -0.384 e. The molecule has 0 atom stereocenters. The molecule has 3 heterocycles. The molecule has 1 amide bonds. The topological polar surface area (TPSA) is 58.4 Å². The van der Waals surface area contributed by atoms with Crippen LogP contribution in [-0.4, -0.2) is 29.1 Å². The summed E-state index contributed by atoms with van der Waals surface area (Å²) in [4.78, 5) is 14.7. The lowest BCUT2D eigenvalue weighted by molar-refractivity contribution is 0.0735. The van der Waals surface area contributed by atoms with Gasteiger partial charge in [-0.15, -0.1) is 0 Å². The van der Waals surface area contributed by atoms with Crippen LogP contribution in [-0.2, 0) is 19.4 Å². The van der Waals surface area contributed by atoms with E-state index in [9.17, 15) is 4.79 Å². The highest BCUT2D eigenvalue weighted by molar-refractivity contribution is 6.00. The van der Waals surface area contributed by atoms with Crippen molar-refractivity contribution in [3.05, 3.63) is 46.8 Å². The highest BCUT2D eigenvalue weighted by atomic mass is 16.5. The van der Waals surface area contributed by atoms with Gasteiger partial charge >= 0.3 is 0 Å². The van der Waals surface area contributed by atoms with Crippen LogP contribution >= 0.6 is 0 Å². The van der Waals surface area contributed by atoms with Gasteiger partial charge in [-0.2, -0.15) is 0 Å². The van der Waals surface area contributed by atoms with Crippen LogP contribution in [0.3, 0.4) is 0 Å². The van der Waals surface area contributed by atoms with Gasteiger partial charge < -0.3 is 14.7 Å². The molecule has 2 aliphatic heterocycles. The summed E-state index contributed by atoms with van der Waals surface area (Å²) in [5.74, 6) is 0.0908. The zero-order valence-corrected chi connectivity index (χ0v) is 11.8. The molecule has 0 fully saturated rings. The van der Waals surface area contributed by atoms with Gasteiger partial charge in [-0.05, 0) is 24.5 Å². The van der Waals surface area contributed by atoms with E-state index in [1.807, 2.05) is 17.0 Å². The molecular weight excluding hydrogens is 266 g/mol. The number of nitrogens with zero attached hydrogens (tertiary/aromatic N) is 2. The molecule has 0 unspecified atom stereocenters. The monoisotopic (exact) mass is 283 g/mol. The molecule has 4 rings (SSSR count). The number of fused-ring (bicyclic) bond motifs is 2. The molecule has 0 spiro atoms. The Bertz CT molecular complexity index is 693. The van der Waals surface area contributed by atoms with Gasteiger partial charge in [-0.25, -0.2) is 0 Å². The Hall–Kier alpha value is -2.30. The SMILES string of the molecule is O=C(c1cccc2c1NCCC2)N1CCc2nocc2C1. The Morgan fingerprint density at radius 2 is 2.24 bits per heavy atom. The van der Waals surface area contributed by atoms with Crippen LogP contribution in [0, 0.1) is 0 Å². The number of hydrogen-bond donors (Lipinski definition) is 1. The molecule has 108 valence electrons.